The minimum atomic E-state index is 0.505. The summed E-state index contributed by atoms with van der Waals surface area (Å²) in [5, 5.41) is 0. The van der Waals surface area contributed by atoms with Crippen LogP contribution in [0.3, 0.4) is 0 Å². The molecule has 100 valence electrons. The standard InChI is InChI=1S/C16H21N3/c1-11-7-5-6-8-15(11)19(4)16-9-12(2)18-13(3)14(16)10-17/h5-9H,10,17H2,1-4H3. The summed E-state index contributed by atoms with van der Waals surface area (Å²) in [5.41, 5.74) is 12.6. The second-order valence-corrected chi connectivity index (χ2v) is 4.90. The van der Waals surface area contributed by atoms with E-state index in [0.717, 1.165) is 22.6 Å². The van der Waals surface area contributed by atoms with Gasteiger partial charge in [0.05, 0.1) is 0 Å². The maximum absolute atomic E-state index is 5.89. The molecule has 0 saturated carbocycles. The van der Waals surface area contributed by atoms with Crippen LogP contribution in [0.1, 0.15) is 22.5 Å². The first kappa shape index (κ1) is 13.6. The third-order valence-corrected chi connectivity index (χ3v) is 3.48. The van der Waals surface area contributed by atoms with Crippen molar-refractivity contribution in [2.24, 2.45) is 5.73 Å². The molecule has 0 aliphatic carbocycles. The van der Waals surface area contributed by atoms with Crippen LogP contribution in [0, 0.1) is 20.8 Å². The largest absolute Gasteiger partial charge is 0.344 e. The predicted octanol–water partition coefficient (Wildman–Crippen LogP) is 3.23. The number of nitrogens with zero attached hydrogens (tertiary/aromatic N) is 2. The van der Waals surface area contributed by atoms with Gasteiger partial charge in [-0.3, -0.25) is 4.98 Å². The molecule has 1 heterocycles. The van der Waals surface area contributed by atoms with Crippen molar-refractivity contribution in [2.45, 2.75) is 27.3 Å². The molecule has 0 saturated heterocycles. The summed E-state index contributed by atoms with van der Waals surface area (Å²) in [7, 11) is 2.08. The Kier molecular flexibility index (Phi) is 3.86. The molecule has 1 aromatic carbocycles. The van der Waals surface area contributed by atoms with Crippen LogP contribution in [0.5, 0.6) is 0 Å². The lowest BCUT2D eigenvalue weighted by Crippen LogP contribution is -2.16. The van der Waals surface area contributed by atoms with Gasteiger partial charge in [-0.15, -0.1) is 0 Å². The van der Waals surface area contributed by atoms with Gasteiger partial charge < -0.3 is 10.6 Å². The fourth-order valence-electron chi connectivity index (χ4n) is 2.46. The highest BCUT2D eigenvalue weighted by Crippen LogP contribution is 2.30. The summed E-state index contributed by atoms with van der Waals surface area (Å²) in [5.74, 6) is 0. The fourth-order valence-corrected chi connectivity index (χ4v) is 2.46. The van der Waals surface area contributed by atoms with Gasteiger partial charge in [-0.25, -0.2) is 0 Å². The zero-order valence-electron chi connectivity index (χ0n) is 12.1. The number of aryl methyl sites for hydroxylation is 3. The lowest BCUT2D eigenvalue weighted by Gasteiger charge is -2.25. The highest BCUT2D eigenvalue weighted by atomic mass is 15.1. The first-order chi connectivity index (χ1) is 9.04. The second kappa shape index (κ2) is 5.41. The Morgan fingerprint density at radius 3 is 2.42 bits per heavy atom. The van der Waals surface area contributed by atoms with Crippen LogP contribution in [0.25, 0.3) is 0 Å². The number of hydrogen-bond donors (Lipinski definition) is 1. The number of anilines is 2. The van der Waals surface area contributed by atoms with Crippen molar-refractivity contribution < 1.29 is 0 Å². The van der Waals surface area contributed by atoms with Crippen LogP contribution >= 0.6 is 0 Å². The highest BCUT2D eigenvalue weighted by Gasteiger charge is 2.13. The Balaban J connectivity index is 2.55. The van der Waals surface area contributed by atoms with Crippen LogP contribution in [0.2, 0.25) is 0 Å². The van der Waals surface area contributed by atoms with E-state index in [1.165, 1.54) is 11.3 Å². The van der Waals surface area contributed by atoms with E-state index in [2.05, 4.69) is 54.2 Å². The molecule has 0 bridgehead atoms. The van der Waals surface area contributed by atoms with Crippen LogP contribution in [-0.4, -0.2) is 12.0 Å². The number of hydrogen-bond acceptors (Lipinski definition) is 3. The van der Waals surface area contributed by atoms with Crippen molar-refractivity contribution in [2.75, 3.05) is 11.9 Å². The predicted molar refractivity (Wildman–Crippen MR) is 80.8 cm³/mol. The van der Waals surface area contributed by atoms with E-state index >= 15 is 0 Å². The first-order valence-corrected chi connectivity index (χ1v) is 6.51. The smallest absolute Gasteiger partial charge is 0.0490 e. The molecule has 0 atom stereocenters. The molecular weight excluding hydrogens is 234 g/mol. The van der Waals surface area contributed by atoms with Crippen molar-refractivity contribution in [3.63, 3.8) is 0 Å². The Morgan fingerprint density at radius 2 is 1.79 bits per heavy atom. The molecule has 0 radical (unpaired) electrons. The van der Waals surface area contributed by atoms with Gasteiger partial charge in [0.25, 0.3) is 0 Å². The van der Waals surface area contributed by atoms with Crippen LogP contribution in [0.4, 0.5) is 11.4 Å². The summed E-state index contributed by atoms with van der Waals surface area (Å²) in [6, 6.07) is 10.5. The average molecular weight is 255 g/mol. The van der Waals surface area contributed by atoms with Gasteiger partial charge in [0.15, 0.2) is 0 Å². The lowest BCUT2D eigenvalue weighted by atomic mass is 10.1. The van der Waals surface area contributed by atoms with Gasteiger partial charge in [-0.2, -0.15) is 0 Å². The van der Waals surface area contributed by atoms with Gasteiger partial charge in [-0.05, 0) is 38.5 Å². The molecule has 1 aromatic heterocycles. The quantitative estimate of drug-likeness (QED) is 0.915. The van der Waals surface area contributed by atoms with Crippen molar-refractivity contribution in [1.29, 1.82) is 0 Å². The van der Waals surface area contributed by atoms with Crippen molar-refractivity contribution in [1.82, 2.24) is 4.98 Å². The first-order valence-electron chi connectivity index (χ1n) is 6.51. The number of benzene rings is 1. The van der Waals surface area contributed by atoms with E-state index in [1.807, 2.05) is 13.8 Å². The summed E-state index contributed by atoms with van der Waals surface area (Å²) in [4.78, 5) is 6.69. The lowest BCUT2D eigenvalue weighted by molar-refractivity contribution is 0.972. The van der Waals surface area contributed by atoms with E-state index in [9.17, 15) is 0 Å². The van der Waals surface area contributed by atoms with Crippen molar-refractivity contribution >= 4 is 11.4 Å². The van der Waals surface area contributed by atoms with E-state index in [4.69, 9.17) is 5.73 Å². The van der Waals surface area contributed by atoms with E-state index in [0.29, 0.717) is 6.54 Å². The van der Waals surface area contributed by atoms with Crippen molar-refractivity contribution in [3.8, 4) is 0 Å². The molecule has 19 heavy (non-hydrogen) atoms. The number of rotatable bonds is 3. The molecule has 2 rings (SSSR count). The third kappa shape index (κ3) is 2.61. The maximum Gasteiger partial charge on any atom is 0.0490 e. The summed E-state index contributed by atoms with van der Waals surface area (Å²) in [6.45, 7) is 6.66. The molecule has 0 aliphatic rings. The minimum absolute atomic E-state index is 0.505. The number of pyridine rings is 1. The second-order valence-electron chi connectivity index (χ2n) is 4.90. The Hall–Kier alpha value is -1.87. The molecular formula is C16H21N3. The SMILES string of the molecule is Cc1cc(N(C)c2ccccc2C)c(CN)c(C)n1. The molecule has 3 nitrogen and oxygen atoms in total. The summed E-state index contributed by atoms with van der Waals surface area (Å²) in [6.07, 6.45) is 0. The molecule has 0 fully saturated rings. The van der Waals surface area contributed by atoms with Crippen LogP contribution < -0.4 is 10.6 Å². The van der Waals surface area contributed by atoms with Gasteiger partial charge >= 0.3 is 0 Å². The van der Waals surface area contributed by atoms with Gasteiger partial charge in [0.2, 0.25) is 0 Å². The van der Waals surface area contributed by atoms with Crippen LogP contribution in [-0.2, 0) is 6.54 Å². The van der Waals surface area contributed by atoms with E-state index in [1.54, 1.807) is 0 Å². The molecule has 0 amide bonds. The zero-order valence-corrected chi connectivity index (χ0v) is 12.1. The third-order valence-electron chi connectivity index (χ3n) is 3.48. The summed E-state index contributed by atoms with van der Waals surface area (Å²) >= 11 is 0. The highest BCUT2D eigenvalue weighted by molar-refractivity contribution is 5.69. The molecule has 0 aliphatic heterocycles. The van der Waals surface area contributed by atoms with Crippen LogP contribution in [0.15, 0.2) is 30.3 Å². The molecule has 2 N–H and O–H groups in total. The monoisotopic (exact) mass is 255 g/mol. The molecule has 0 unspecified atom stereocenters. The van der Waals surface area contributed by atoms with Gasteiger partial charge in [0.1, 0.15) is 0 Å². The minimum Gasteiger partial charge on any atom is -0.344 e. The van der Waals surface area contributed by atoms with E-state index in [-0.39, 0.29) is 0 Å². The Bertz CT molecular complexity index is 591. The number of para-hydroxylation sites is 1. The number of nitrogens with two attached hydrogens (primary N) is 1. The Morgan fingerprint density at radius 1 is 1.11 bits per heavy atom. The van der Waals surface area contributed by atoms with E-state index < -0.39 is 0 Å². The molecule has 0 spiro atoms. The van der Waals surface area contributed by atoms with Crippen molar-refractivity contribution in [3.05, 3.63) is 52.8 Å². The Labute approximate surface area is 115 Å². The van der Waals surface area contributed by atoms with Gasteiger partial charge in [0, 0.05) is 41.9 Å². The number of aromatic nitrogens is 1. The molecule has 2 aromatic rings. The molecule has 3 heteroatoms. The fraction of sp³-hybridized carbons (Fsp3) is 0.312. The normalized spacial score (nSPS) is 10.6. The summed E-state index contributed by atoms with van der Waals surface area (Å²) < 4.78 is 0. The maximum atomic E-state index is 5.89. The average Bonchev–Trinajstić information content (AvgIpc) is 2.37. The zero-order chi connectivity index (χ0) is 14.0. The van der Waals surface area contributed by atoms with Gasteiger partial charge in [-0.1, -0.05) is 18.2 Å². The topological polar surface area (TPSA) is 42.1 Å².